The Morgan fingerprint density at radius 1 is 1.08 bits per heavy atom. The number of carbonyl (C=O) groups is 1. The lowest BCUT2D eigenvalue weighted by molar-refractivity contribution is 0.108. The van der Waals surface area contributed by atoms with Gasteiger partial charge in [-0.1, -0.05) is 48.0 Å². The third-order valence-corrected chi connectivity index (χ3v) is 7.40. The Bertz CT molecular complexity index is 1420. The Hall–Kier alpha value is -3.24. The van der Waals surface area contributed by atoms with E-state index in [-0.39, 0.29) is 12.0 Å². The minimum absolute atomic E-state index is 0.261. The number of piperazine rings is 1. The molecule has 0 spiro atoms. The number of halogens is 2. The first-order valence-electron chi connectivity index (χ1n) is 12.9. The summed E-state index contributed by atoms with van der Waals surface area (Å²) in [5.74, 6) is 0.865. The number of benzene rings is 2. The zero-order chi connectivity index (χ0) is 27.4. The van der Waals surface area contributed by atoms with Crippen molar-refractivity contribution >= 4 is 51.8 Å². The van der Waals surface area contributed by atoms with Crippen LogP contribution < -0.4 is 4.90 Å². The Morgan fingerprint density at radius 2 is 1.85 bits per heavy atom. The van der Waals surface area contributed by atoms with Crippen LogP contribution in [0.2, 0.25) is 5.02 Å². The van der Waals surface area contributed by atoms with E-state index in [1.165, 1.54) is 4.90 Å². The normalized spacial score (nSPS) is 15.4. The molecule has 4 aromatic rings. The molecule has 1 aliphatic heterocycles. The first-order chi connectivity index (χ1) is 18.9. The van der Waals surface area contributed by atoms with Gasteiger partial charge in [0.25, 0.3) is 0 Å². The number of likely N-dealkylation sites (N-methyl/N-ethyl adjacent to an activating group) is 1. The van der Waals surface area contributed by atoms with Crippen molar-refractivity contribution in [3.05, 3.63) is 77.2 Å². The topological polar surface area (TPSA) is 79.6 Å². The molecule has 0 radical (unpaired) electrons. The molecule has 1 saturated heterocycles. The number of anilines is 2. The van der Waals surface area contributed by atoms with Crippen LogP contribution in [-0.4, -0.2) is 82.0 Å². The number of hydrogen-bond donors (Lipinski definition) is 0. The van der Waals surface area contributed by atoms with Gasteiger partial charge in [0.1, 0.15) is 12.4 Å². The molecule has 0 saturated carbocycles. The zero-order valence-electron chi connectivity index (χ0n) is 22.0. The van der Waals surface area contributed by atoms with Crippen LogP contribution in [0, 0.1) is 6.92 Å². The van der Waals surface area contributed by atoms with Gasteiger partial charge in [-0.25, -0.2) is 24.3 Å². The molecule has 1 aliphatic rings. The van der Waals surface area contributed by atoms with Gasteiger partial charge in [-0.15, -0.1) is 11.6 Å². The highest BCUT2D eigenvalue weighted by Crippen LogP contribution is 2.33. The van der Waals surface area contributed by atoms with E-state index >= 15 is 0 Å². The number of aryl methyl sites for hydroxylation is 1. The Kier molecular flexibility index (Phi) is 8.62. The summed E-state index contributed by atoms with van der Waals surface area (Å²) in [5, 5.41) is 5.35. The number of amides is 1. The number of nitrogens with zero attached hydrogens (tertiary/aromatic N) is 7. The van der Waals surface area contributed by atoms with Crippen LogP contribution in [0.25, 0.3) is 11.0 Å². The highest BCUT2D eigenvalue weighted by Gasteiger charge is 2.27. The monoisotopic (exact) mass is 567 g/mol. The summed E-state index contributed by atoms with van der Waals surface area (Å²) in [6, 6.07) is 16.9. The van der Waals surface area contributed by atoms with Crippen molar-refractivity contribution in [2.24, 2.45) is 0 Å². The number of fused-ring (bicyclic) bond motifs is 1. The van der Waals surface area contributed by atoms with Gasteiger partial charge < -0.3 is 9.64 Å². The van der Waals surface area contributed by atoms with Crippen LogP contribution in [0.4, 0.5) is 16.3 Å². The maximum Gasteiger partial charge on any atom is 0.420 e. The Balaban J connectivity index is 1.44. The Labute approximate surface area is 237 Å². The van der Waals surface area contributed by atoms with Crippen LogP contribution in [0.15, 0.2) is 60.8 Å². The van der Waals surface area contributed by atoms with Gasteiger partial charge >= 0.3 is 6.09 Å². The van der Waals surface area contributed by atoms with E-state index in [2.05, 4.69) is 31.9 Å². The number of aromatic nitrogens is 4. The maximum absolute atomic E-state index is 13.6. The van der Waals surface area contributed by atoms with Crippen molar-refractivity contribution in [2.45, 2.75) is 18.8 Å². The molecule has 3 heterocycles. The standard InChI is InChI=1S/C28H31Cl2N7O2/c1-20-32-26-24(18-31-36(26)19-25(30)21-7-4-3-5-8-21)27(33-20)37(23-10-6-9-22(29)17-23)28(38)39-16-15-35-13-11-34(2)12-14-35/h3-10,17-18,25H,11-16,19H2,1-2H3. The lowest BCUT2D eigenvalue weighted by atomic mass is 10.1. The molecule has 0 aliphatic carbocycles. The molecule has 204 valence electrons. The molecule has 9 nitrogen and oxygen atoms in total. The van der Waals surface area contributed by atoms with E-state index in [1.54, 1.807) is 42.1 Å². The summed E-state index contributed by atoms with van der Waals surface area (Å²) in [7, 11) is 2.11. The molecule has 2 aromatic carbocycles. The summed E-state index contributed by atoms with van der Waals surface area (Å²) in [5.41, 5.74) is 2.10. The molecular formula is C28H31Cl2N7O2. The van der Waals surface area contributed by atoms with E-state index in [0.717, 1.165) is 31.7 Å². The fraction of sp³-hybridized carbons (Fsp3) is 0.357. The van der Waals surface area contributed by atoms with Crippen LogP contribution in [0.1, 0.15) is 16.8 Å². The number of hydrogen-bond acceptors (Lipinski definition) is 7. The minimum atomic E-state index is -0.543. The van der Waals surface area contributed by atoms with E-state index in [4.69, 9.17) is 27.9 Å². The lowest BCUT2D eigenvalue weighted by Gasteiger charge is -2.32. The molecular weight excluding hydrogens is 537 g/mol. The highest BCUT2D eigenvalue weighted by molar-refractivity contribution is 6.31. The van der Waals surface area contributed by atoms with Gasteiger partial charge in [-0.2, -0.15) is 5.10 Å². The fourth-order valence-electron chi connectivity index (χ4n) is 4.60. The summed E-state index contributed by atoms with van der Waals surface area (Å²) < 4.78 is 7.52. The Morgan fingerprint density at radius 3 is 2.59 bits per heavy atom. The van der Waals surface area contributed by atoms with Gasteiger partial charge in [0.2, 0.25) is 0 Å². The molecule has 1 unspecified atom stereocenters. The molecule has 11 heteroatoms. The van der Waals surface area contributed by atoms with Crippen molar-refractivity contribution in [1.82, 2.24) is 29.5 Å². The van der Waals surface area contributed by atoms with Crippen LogP contribution in [0.3, 0.4) is 0 Å². The van der Waals surface area contributed by atoms with Crippen LogP contribution >= 0.6 is 23.2 Å². The number of alkyl halides is 1. The lowest BCUT2D eigenvalue weighted by Crippen LogP contribution is -2.45. The second-order valence-electron chi connectivity index (χ2n) is 9.61. The van der Waals surface area contributed by atoms with E-state index in [9.17, 15) is 4.79 Å². The summed E-state index contributed by atoms with van der Waals surface area (Å²) >= 11 is 13.0. The van der Waals surface area contributed by atoms with E-state index in [0.29, 0.717) is 46.5 Å². The molecule has 5 rings (SSSR count). The highest BCUT2D eigenvalue weighted by atomic mass is 35.5. The quantitative estimate of drug-likeness (QED) is 0.267. The molecule has 0 bridgehead atoms. The van der Waals surface area contributed by atoms with E-state index in [1.807, 2.05) is 30.3 Å². The van der Waals surface area contributed by atoms with Crippen molar-refractivity contribution in [3.8, 4) is 0 Å². The van der Waals surface area contributed by atoms with Gasteiger partial charge in [0.15, 0.2) is 11.5 Å². The molecule has 1 amide bonds. The first kappa shape index (κ1) is 27.3. The van der Waals surface area contributed by atoms with Gasteiger partial charge in [0, 0.05) is 37.7 Å². The zero-order valence-corrected chi connectivity index (χ0v) is 23.5. The predicted octanol–water partition coefficient (Wildman–Crippen LogP) is 5.29. The maximum atomic E-state index is 13.6. The SMILES string of the molecule is Cc1nc(N(C(=O)OCCN2CCN(C)CC2)c2cccc(Cl)c2)c2cnn(CC(Cl)c3ccccc3)c2n1. The third-order valence-electron chi connectivity index (χ3n) is 6.77. The fourth-order valence-corrected chi connectivity index (χ4v) is 5.06. The third kappa shape index (κ3) is 6.50. The summed E-state index contributed by atoms with van der Waals surface area (Å²) in [4.78, 5) is 28.9. The van der Waals surface area contributed by atoms with Gasteiger partial charge in [-0.05, 0) is 37.7 Å². The van der Waals surface area contributed by atoms with Gasteiger partial charge in [0.05, 0.1) is 29.2 Å². The predicted molar refractivity (Wildman–Crippen MR) is 154 cm³/mol. The molecule has 39 heavy (non-hydrogen) atoms. The van der Waals surface area contributed by atoms with Crippen LogP contribution in [-0.2, 0) is 11.3 Å². The number of ether oxygens (including phenoxy) is 1. The summed E-state index contributed by atoms with van der Waals surface area (Å²) in [6.07, 6.45) is 1.12. The van der Waals surface area contributed by atoms with Crippen molar-refractivity contribution in [1.29, 1.82) is 0 Å². The minimum Gasteiger partial charge on any atom is -0.448 e. The second-order valence-corrected chi connectivity index (χ2v) is 10.6. The second kappa shape index (κ2) is 12.3. The average Bonchev–Trinajstić information content (AvgIpc) is 3.32. The van der Waals surface area contributed by atoms with Gasteiger partial charge in [-0.3, -0.25) is 4.90 Å². The molecule has 2 aromatic heterocycles. The average molecular weight is 569 g/mol. The van der Waals surface area contributed by atoms with Crippen molar-refractivity contribution < 1.29 is 9.53 Å². The largest absolute Gasteiger partial charge is 0.448 e. The number of carbonyl (C=O) groups excluding carboxylic acids is 1. The smallest absolute Gasteiger partial charge is 0.420 e. The summed E-state index contributed by atoms with van der Waals surface area (Å²) in [6.45, 7) is 6.99. The van der Waals surface area contributed by atoms with Crippen molar-refractivity contribution in [2.75, 3.05) is 51.3 Å². The molecule has 1 fully saturated rings. The molecule has 1 atom stereocenters. The molecule has 0 N–H and O–H groups in total. The first-order valence-corrected chi connectivity index (χ1v) is 13.7. The number of rotatable bonds is 8. The van der Waals surface area contributed by atoms with Crippen molar-refractivity contribution in [3.63, 3.8) is 0 Å². The van der Waals surface area contributed by atoms with E-state index < -0.39 is 6.09 Å². The van der Waals surface area contributed by atoms with Crippen LogP contribution in [0.5, 0.6) is 0 Å².